The van der Waals surface area contributed by atoms with E-state index in [4.69, 9.17) is 5.11 Å². The van der Waals surface area contributed by atoms with Crippen molar-refractivity contribution in [2.75, 3.05) is 13.2 Å². The molecule has 0 bridgehead atoms. The molecule has 0 radical (unpaired) electrons. The molecule has 0 saturated heterocycles. The number of nitrogens with one attached hydrogen (secondary N) is 1. The zero-order chi connectivity index (χ0) is 13.1. The van der Waals surface area contributed by atoms with Crippen LogP contribution in [0.4, 0.5) is 8.78 Å². The van der Waals surface area contributed by atoms with Gasteiger partial charge in [-0.2, -0.15) is 0 Å². The molecule has 0 amide bonds. The first-order valence-electron chi connectivity index (χ1n) is 4.82. The Kier molecular flexibility index (Phi) is 4.18. The summed E-state index contributed by atoms with van der Waals surface area (Å²) in [4.78, 5) is -0.0475. The van der Waals surface area contributed by atoms with Gasteiger partial charge in [0.25, 0.3) is 5.92 Å². The molecule has 17 heavy (non-hydrogen) atoms. The Balaban J connectivity index is 2.88. The van der Waals surface area contributed by atoms with Crippen LogP contribution in [0.25, 0.3) is 0 Å². The molecule has 0 aliphatic rings. The highest BCUT2D eigenvalue weighted by molar-refractivity contribution is 7.89. The lowest BCUT2D eigenvalue weighted by atomic mass is 10.2. The number of aryl methyl sites for hydroxylation is 1. The van der Waals surface area contributed by atoms with E-state index >= 15 is 0 Å². The van der Waals surface area contributed by atoms with Gasteiger partial charge in [0, 0.05) is 0 Å². The zero-order valence-corrected chi connectivity index (χ0v) is 9.97. The van der Waals surface area contributed by atoms with Gasteiger partial charge in [0.2, 0.25) is 10.0 Å². The highest BCUT2D eigenvalue weighted by Gasteiger charge is 2.30. The van der Waals surface area contributed by atoms with Gasteiger partial charge in [-0.15, -0.1) is 0 Å². The summed E-state index contributed by atoms with van der Waals surface area (Å²) in [6, 6.07) is 6.05. The van der Waals surface area contributed by atoms with Gasteiger partial charge in [0.15, 0.2) is 0 Å². The van der Waals surface area contributed by atoms with Gasteiger partial charge in [-0.1, -0.05) is 18.2 Å². The molecular weight excluding hydrogens is 252 g/mol. The number of rotatable bonds is 5. The van der Waals surface area contributed by atoms with E-state index in [1.165, 1.54) is 12.1 Å². The van der Waals surface area contributed by atoms with E-state index in [0.717, 1.165) is 0 Å². The summed E-state index contributed by atoms with van der Waals surface area (Å²) in [5.41, 5.74) is 0.465. The van der Waals surface area contributed by atoms with Gasteiger partial charge in [-0.3, -0.25) is 0 Å². The molecule has 0 fully saturated rings. The number of sulfonamides is 1. The molecule has 0 aromatic heterocycles. The number of benzene rings is 1. The van der Waals surface area contributed by atoms with Crippen molar-refractivity contribution >= 4 is 10.0 Å². The van der Waals surface area contributed by atoms with Crippen molar-refractivity contribution in [3.8, 4) is 0 Å². The molecule has 4 nitrogen and oxygen atoms in total. The first-order chi connectivity index (χ1) is 7.78. The number of hydrogen-bond acceptors (Lipinski definition) is 3. The largest absolute Gasteiger partial charge is 0.390 e. The lowest BCUT2D eigenvalue weighted by Crippen LogP contribution is -2.39. The van der Waals surface area contributed by atoms with Crippen LogP contribution in [0.1, 0.15) is 5.56 Å². The second-order valence-corrected chi connectivity index (χ2v) is 5.34. The molecule has 0 aliphatic heterocycles. The van der Waals surface area contributed by atoms with Gasteiger partial charge in [-0.05, 0) is 18.6 Å². The molecule has 0 atom stereocenters. The number of aliphatic hydroxyl groups excluding tert-OH is 1. The molecule has 1 aromatic carbocycles. The maximum absolute atomic E-state index is 12.7. The number of hydrogen-bond donors (Lipinski definition) is 2. The Hall–Kier alpha value is -1.05. The average molecular weight is 265 g/mol. The summed E-state index contributed by atoms with van der Waals surface area (Å²) in [5.74, 6) is -3.46. The van der Waals surface area contributed by atoms with E-state index in [1.54, 1.807) is 23.8 Å². The van der Waals surface area contributed by atoms with E-state index < -0.39 is 29.1 Å². The second kappa shape index (κ2) is 5.07. The summed E-state index contributed by atoms with van der Waals surface area (Å²) in [5, 5.41) is 8.33. The van der Waals surface area contributed by atoms with Crippen molar-refractivity contribution in [3.63, 3.8) is 0 Å². The molecule has 0 saturated carbocycles. The minimum Gasteiger partial charge on any atom is -0.390 e. The third kappa shape index (κ3) is 3.72. The number of halogens is 2. The zero-order valence-electron chi connectivity index (χ0n) is 9.15. The Morgan fingerprint density at radius 1 is 1.35 bits per heavy atom. The fraction of sp³-hybridized carbons (Fsp3) is 0.400. The van der Waals surface area contributed by atoms with Crippen LogP contribution >= 0.6 is 0 Å². The first kappa shape index (κ1) is 14.0. The predicted molar refractivity (Wildman–Crippen MR) is 58.4 cm³/mol. The molecule has 0 unspecified atom stereocenters. The van der Waals surface area contributed by atoms with Crippen LogP contribution in [0.5, 0.6) is 0 Å². The van der Waals surface area contributed by atoms with Crippen molar-refractivity contribution in [1.29, 1.82) is 0 Å². The summed E-state index contributed by atoms with van der Waals surface area (Å²) >= 11 is 0. The van der Waals surface area contributed by atoms with Crippen LogP contribution in [0, 0.1) is 6.92 Å². The quantitative estimate of drug-likeness (QED) is 0.831. The van der Waals surface area contributed by atoms with Crippen molar-refractivity contribution in [2.45, 2.75) is 17.7 Å². The van der Waals surface area contributed by atoms with Crippen molar-refractivity contribution in [2.24, 2.45) is 0 Å². The minimum absolute atomic E-state index is 0.0475. The third-order valence-corrected chi connectivity index (χ3v) is 3.70. The molecule has 96 valence electrons. The molecule has 1 rings (SSSR count). The van der Waals surface area contributed by atoms with Crippen molar-refractivity contribution in [1.82, 2.24) is 4.72 Å². The Bertz CT molecular complexity index is 488. The Morgan fingerprint density at radius 3 is 2.47 bits per heavy atom. The predicted octanol–water partition coefficient (Wildman–Crippen LogP) is 0.901. The topological polar surface area (TPSA) is 66.4 Å². The molecule has 0 heterocycles. The molecule has 7 heteroatoms. The fourth-order valence-electron chi connectivity index (χ4n) is 1.19. The summed E-state index contributed by atoms with van der Waals surface area (Å²) in [6.45, 7) is -0.956. The van der Waals surface area contributed by atoms with E-state index in [9.17, 15) is 17.2 Å². The summed E-state index contributed by atoms with van der Waals surface area (Å²) < 4.78 is 50.6. The average Bonchev–Trinajstić information content (AvgIpc) is 2.27. The second-order valence-electron chi connectivity index (χ2n) is 3.60. The number of alkyl halides is 2. The maximum Gasteiger partial charge on any atom is 0.283 e. The number of aliphatic hydroxyl groups is 1. The van der Waals surface area contributed by atoms with E-state index in [2.05, 4.69) is 0 Å². The van der Waals surface area contributed by atoms with E-state index in [0.29, 0.717) is 5.56 Å². The molecule has 0 aliphatic carbocycles. The van der Waals surface area contributed by atoms with Gasteiger partial charge < -0.3 is 5.11 Å². The van der Waals surface area contributed by atoms with Crippen LogP contribution in [0.2, 0.25) is 0 Å². The van der Waals surface area contributed by atoms with E-state index in [1.807, 2.05) is 0 Å². The molecular formula is C10H13F2NO3S. The van der Waals surface area contributed by atoms with Crippen LogP contribution in [0.3, 0.4) is 0 Å². The highest BCUT2D eigenvalue weighted by atomic mass is 32.2. The maximum atomic E-state index is 12.7. The van der Waals surface area contributed by atoms with E-state index in [-0.39, 0.29) is 4.90 Å². The van der Waals surface area contributed by atoms with Crippen molar-refractivity contribution < 1.29 is 22.3 Å². The van der Waals surface area contributed by atoms with Crippen LogP contribution < -0.4 is 4.72 Å². The lowest BCUT2D eigenvalue weighted by Gasteiger charge is -2.15. The van der Waals surface area contributed by atoms with Crippen LogP contribution in [-0.4, -0.2) is 32.6 Å². The summed E-state index contributed by atoms with van der Waals surface area (Å²) in [6.07, 6.45) is 0. The highest BCUT2D eigenvalue weighted by Crippen LogP contribution is 2.16. The first-order valence-corrected chi connectivity index (χ1v) is 6.31. The minimum atomic E-state index is -3.98. The van der Waals surface area contributed by atoms with Crippen molar-refractivity contribution in [3.05, 3.63) is 29.8 Å². The smallest absolute Gasteiger partial charge is 0.283 e. The van der Waals surface area contributed by atoms with Gasteiger partial charge >= 0.3 is 0 Å². The molecule has 0 spiro atoms. The van der Waals surface area contributed by atoms with Crippen LogP contribution in [0.15, 0.2) is 29.2 Å². The van der Waals surface area contributed by atoms with Gasteiger partial charge in [0.05, 0.1) is 11.4 Å². The van der Waals surface area contributed by atoms with Gasteiger partial charge in [-0.25, -0.2) is 21.9 Å². The van der Waals surface area contributed by atoms with Gasteiger partial charge in [0.1, 0.15) is 6.61 Å². The lowest BCUT2D eigenvalue weighted by molar-refractivity contribution is -0.0437. The monoisotopic (exact) mass is 265 g/mol. The third-order valence-electron chi connectivity index (χ3n) is 2.14. The SMILES string of the molecule is Cc1ccccc1S(=O)(=O)NCC(F)(F)CO. The Labute approximate surface area is 98.3 Å². The molecule has 1 aromatic rings. The Morgan fingerprint density at radius 2 is 1.94 bits per heavy atom. The summed E-state index contributed by atoms with van der Waals surface area (Å²) in [7, 11) is -3.98. The van der Waals surface area contributed by atoms with Crippen LogP contribution in [-0.2, 0) is 10.0 Å². The fourth-order valence-corrected chi connectivity index (χ4v) is 2.50. The standard InChI is InChI=1S/C10H13F2NO3S/c1-8-4-2-3-5-9(8)17(15,16)13-6-10(11,12)7-14/h2-5,13-14H,6-7H2,1H3. The molecule has 2 N–H and O–H groups in total. The normalized spacial score (nSPS) is 12.7.